The SMILES string of the molecule is CN=C(NCCCCn1ccnc1C)NCC(c1ccc(F)cc1)N1CCOCC1.I. The molecule has 1 fully saturated rings. The number of benzene rings is 1. The summed E-state index contributed by atoms with van der Waals surface area (Å²) in [5.41, 5.74) is 1.09. The van der Waals surface area contributed by atoms with E-state index in [9.17, 15) is 4.39 Å². The third kappa shape index (κ3) is 8.04. The number of morpholine rings is 1. The summed E-state index contributed by atoms with van der Waals surface area (Å²) in [6, 6.07) is 6.92. The number of aliphatic imine (C=N–C) groups is 1. The fourth-order valence-electron chi connectivity index (χ4n) is 3.70. The number of nitrogens with zero attached hydrogens (tertiary/aromatic N) is 4. The lowest BCUT2D eigenvalue weighted by Gasteiger charge is -2.35. The maximum absolute atomic E-state index is 13.4. The van der Waals surface area contributed by atoms with Gasteiger partial charge in [0.1, 0.15) is 11.6 Å². The highest BCUT2D eigenvalue weighted by atomic mass is 127. The normalized spacial score (nSPS) is 15.9. The number of hydrogen-bond acceptors (Lipinski definition) is 4. The minimum absolute atomic E-state index is 0. The highest BCUT2D eigenvalue weighted by molar-refractivity contribution is 14.0. The first kappa shape index (κ1) is 25.5. The molecule has 1 unspecified atom stereocenters. The fraction of sp³-hybridized carbons (Fsp3) is 0.545. The summed E-state index contributed by atoms with van der Waals surface area (Å²) in [4.78, 5) is 11.0. The van der Waals surface area contributed by atoms with Gasteiger partial charge in [0.05, 0.1) is 19.3 Å². The van der Waals surface area contributed by atoms with Crippen LogP contribution in [-0.4, -0.2) is 66.9 Å². The third-order valence-electron chi connectivity index (χ3n) is 5.47. The van der Waals surface area contributed by atoms with Crippen molar-refractivity contribution in [2.75, 3.05) is 46.4 Å². The molecule has 1 aromatic heterocycles. The second-order valence-electron chi connectivity index (χ2n) is 7.47. The average Bonchev–Trinajstić information content (AvgIpc) is 3.18. The Bertz CT molecular complexity index is 792. The fourth-order valence-corrected chi connectivity index (χ4v) is 3.70. The third-order valence-corrected chi connectivity index (χ3v) is 5.47. The van der Waals surface area contributed by atoms with Gasteiger partial charge in [0, 0.05) is 52.2 Å². The molecule has 3 rings (SSSR count). The van der Waals surface area contributed by atoms with E-state index in [4.69, 9.17) is 4.74 Å². The molecule has 0 aliphatic carbocycles. The van der Waals surface area contributed by atoms with E-state index in [2.05, 4.69) is 30.1 Å². The summed E-state index contributed by atoms with van der Waals surface area (Å²) < 4.78 is 21.1. The van der Waals surface area contributed by atoms with E-state index in [0.29, 0.717) is 6.54 Å². The molecule has 31 heavy (non-hydrogen) atoms. The molecular formula is C22H34FIN6O. The van der Waals surface area contributed by atoms with Crippen molar-refractivity contribution in [1.29, 1.82) is 0 Å². The summed E-state index contributed by atoms with van der Waals surface area (Å²) in [5.74, 6) is 1.63. The summed E-state index contributed by atoms with van der Waals surface area (Å²) in [6.45, 7) is 7.72. The summed E-state index contributed by atoms with van der Waals surface area (Å²) in [5, 5.41) is 6.83. The Morgan fingerprint density at radius 3 is 2.58 bits per heavy atom. The molecule has 1 atom stereocenters. The molecule has 1 saturated heterocycles. The van der Waals surface area contributed by atoms with Crippen LogP contribution in [0.15, 0.2) is 41.7 Å². The molecule has 2 heterocycles. The van der Waals surface area contributed by atoms with Gasteiger partial charge in [-0.05, 0) is 37.5 Å². The second kappa shape index (κ2) is 13.6. The van der Waals surface area contributed by atoms with E-state index in [0.717, 1.165) is 69.6 Å². The topological polar surface area (TPSA) is 66.7 Å². The van der Waals surface area contributed by atoms with Crippen molar-refractivity contribution in [3.63, 3.8) is 0 Å². The van der Waals surface area contributed by atoms with Crippen molar-refractivity contribution >= 4 is 29.9 Å². The lowest BCUT2D eigenvalue weighted by molar-refractivity contribution is 0.0170. The van der Waals surface area contributed by atoms with Gasteiger partial charge in [-0.2, -0.15) is 0 Å². The number of aromatic nitrogens is 2. The molecule has 0 saturated carbocycles. The minimum Gasteiger partial charge on any atom is -0.379 e. The Balaban J connectivity index is 0.00000341. The van der Waals surface area contributed by atoms with Gasteiger partial charge in [-0.25, -0.2) is 9.37 Å². The molecule has 1 aliphatic heterocycles. The average molecular weight is 544 g/mol. The molecule has 0 spiro atoms. The van der Waals surface area contributed by atoms with E-state index in [-0.39, 0.29) is 35.8 Å². The lowest BCUT2D eigenvalue weighted by atomic mass is 10.0. The Labute approximate surface area is 201 Å². The van der Waals surface area contributed by atoms with E-state index >= 15 is 0 Å². The van der Waals surface area contributed by atoms with Crippen LogP contribution in [0.2, 0.25) is 0 Å². The number of hydrogen-bond donors (Lipinski definition) is 2. The van der Waals surface area contributed by atoms with Gasteiger partial charge in [-0.1, -0.05) is 12.1 Å². The van der Waals surface area contributed by atoms with Gasteiger partial charge >= 0.3 is 0 Å². The molecule has 7 nitrogen and oxygen atoms in total. The number of halogens is 2. The van der Waals surface area contributed by atoms with Gasteiger partial charge in [0.25, 0.3) is 0 Å². The summed E-state index contributed by atoms with van der Waals surface area (Å²) in [6.07, 6.45) is 5.98. The molecule has 9 heteroatoms. The molecule has 172 valence electrons. The first-order valence-electron chi connectivity index (χ1n) is 10.7. The zero-order valence-electron chi connectivity index (χ0n) is 18.4. The maximum Gasteiger partial charge on any atom is 0.191 e. The summed E-state index contributed by atoms with van der Waals surface area (Å²) >= 11 is 0. The van der Waals surface area contributed by atoms with Crippen LogP contribution in [0.25, 0.3) is 0 Å². The van der Waals surface area contributed by atoms with Crippen molar-refractivity contribution in [3.05, 3.63) is 53.9 Å². The maximum atomic E-state index is 13.4. The van der Waals surface area contributed by atoms with Crippen molar-refractivity contribution in [2.24, 2.45) is 4.99 Å². The molecule has 0 amide bonds. The predicted molar refractivity (Wildman–Crippen MR) is 133 cm³/mol. The van der Waals surface area contributed by atoms with Crippen LogP contribution < -0.4 is 10.6 Å². The zero-order chi connectivity index (χ0) is 21.2. The minimum atomic E-state index is -0.212. The van der Waals surface area contributed by atoms with Crippen LogP contribution in [0.5, 0.6) is 0 Å². The van der Waals surface area contributed by atoms with Gasteiger partial charge in [-0.3, -0.25) is 9.89 Å². The van der Waals surface area contributed by atoms with Crippen LogP contribution in [0.3, 0.4) is 0 Å². The van der Waals surface area contributed by atoms with E-state index in [1.54, 1.807) is 7.05 Å². The van der Waals surface area contributed by atoms with Crippen molar-refractivity contribution in [3.8, 4) is 0 Å². The number of ether oxygens (including phenoxy) is 1. The van der Waals surface area contributed by atoms with Gasteiger partial charge in [0.15, 0.2) is 5.96 Å². The molecule has 0 bridgehead atoms. The van der Waals surface area contributed by atoms with Crippen molar-refractivity contribution < 1.29 is 9.13 Å². The molecule has 0 radical (unpaired) electrons. The van der Waals surface area contributed by atoms with Crippen LogP contribution in [-0.2, 0) is 11.3 Å². The summed E-state index contributed by atoms with van der Waals surface area (Å²) in [7, 11) is 1.78. The van der Waals surface area contributed by atoms with E-state index in [1.807, 2.05) is 31.5 Å². The number of unbranched alkanes of at least 4 members (excludes halogenated alkanes) is 1. The largest absolute Gasteiger partial charge is 0.379 e. The van der Waals surface area contributed by atoms with Crippen LogP contribution in [0, 0.1) is 12.7 Å². The number of rotatable bonds is 9. The molecule has 2 N–H and O–H groups in total. The number of guanidine groups is 1. The lowest BCUT2D eigenvalue weighted by Crippen LogP contribution is -2.46. The Kier molecular flexibility index (Phi) is 11.2. The first-order chi connectivity index (χ1) is 14.7. The quantitative estimate of drug-likeness (QED) is 0.220. The molecule has 1 aliphatic rings. The molecule has 1 aromatic carbocycles. The molecular weight excluding hydrogens is 510 g/mol. The van der Waals surface area contributed by atoms with E-state index < -0.39 is 0 Å². The Hall–Kier alpha value is -1.72. The standard InChI is InChI=1S/C22H33FN6O.HI/c1-18-25-10-12-28(18)11-4-3-9-26-22(24-2)27-17-21(29-13-15-30-16-14-29)19-5-7-20(23)8-6-19;/h5-8,10,12,21H,3-4,9,11,13-17H2,1-2H3,(H2,24,26,27);1H. The first-order valence-corrected chi connectivity index (χ1v) is 10.7. The smallest absolute Gasteiger partial charge is 0.191 e. The van der Waals surface area contributed by atoms with E-state index in [1.165, 1.54) is 12.1 Å². The van der Waals surface area contributed by atoms with Crippen molar-refractivity contribution in [2.45, 2.75) is 32.4 Å². The Morgan fingerprint density at radius 2 is 1.94 bits per heavy atom. The monoisotopic (exact) mass is 544 g/mol. The zero-order valence-corrected chi connectivity index (χ0v) is 20.7. The second-order valence-corrected chi connectivity index (χ2v) is 7.47. The van der Waals surface area contributed by atoms with Crippen LogP contribution in [0.1, 0.15) is 30.3 Å². The van der Waals surface area contributed by atoms with Gasteiger partial charge in [-0.15, -0.1) is 24.0 Å². The highest BCUT2D eigenvalue weighted by Gasteiger charge is 2.23. The van der Waals surface area contributed by atoms with Gasteiger partial charge in [0.2, 0.25) is 0 Å². The van der Waals surface area contributed by atoms with Crippen LogP contribution in [0.4, 0.5) is 4.39 Å². The Morgan fingerprint density at radius 1 is 1.19 bits per heavy atom. The number of imidazole rings is 1. The molecule has 2 aromatic rings. The number of nitrogens with one attached hydrogen (secondary N) is 2. The van der Waals surface area contributed by atoms with Crippen molar-refractivity contribution in [1.82, 2.24) is 25.1 Å². The van der Waals surface area contributed by atoms with Gasteiger partial charge < -0.3 is 19.9 Å². The van der Waals surface area contributed by atoms with Crippen LogP contribution >= 0.6 is 24.0 Å². The number of aryl methyl sites for hydroxylation is 2. The highest BCUT2D eigenvalue weighted by Crippen LogP contribution is 2.21. The predicted octanol–water partition coefficient (Wildman–Crippen LogP) is 2.97.